The Morgan fingerprint density at radius 2 is 2.18 bits per heavy atom. The van der Waals surface area contributed by atoms with Gasteiger partial charge in [0.05, 0.1) is 18.6 Å². The molecule has 0 aliphatic carbocycles. The number of aliphatic hydroxyl groups excluding tert-OH is 1. The van der Waals surface area contributed by atoms with Gasteiger partial charge in [0.2, 0.25) is 0 Å². The number of ether oxygens (including phenoxy) is 1. The Morgan fingerprint density at radius 3 is 2.88 bits per heavy atom. The summed E-state index contributed by atoms with van der Waals surface area (Å²) in [6.45, 7) is 4.64. The van der Waals surface area contributed by atoms with Gasteiger partial charge in [0.1, 0.15) is 24.5 Å². The number of nitrogens with zero attached hydrogens (tertiary/aromatic N) is 3. The second kappa shape index (κ2) is 4.68. The Bertz CT molecular complexity index is 536. The van der Waals surface area contributed by atoms with Gasteiger partial charge in [-0.05, 0) is 19.4 Å². The van der Waals surface area contributed by atoms with Gasteiger partial charge in [-0.1, -0.05) is 0 Å². The summed E-state index contributed by atoms with van der Waals surface area (Å²) in [5.41, 5.74) is 8.73. The van der Waals surface area contributed by atoms with Gasteiger partial charge in [-0.2, -0.15) is 0 Å². The van der Waals surface area contributed by atoms with Gasteiger partial charge in [0.15, 0.2) is 0 Å². The van der Waals surface area contributed by atoms with E-state index in [2.05, 4.69) is 9.97 Å². The van der Waals surface area contributed by atoms with E-state index in [-0.39, 0.29) is 6.61 Å². The van der Waals surface area contributed by atoms with Gasteiger partial charge in [-0.15, -0.1) is 0 Å². The first-order valence-electron chi connectivity index (χ1n) is 5.41. The van der Waals surface area contributed by atoms with Crippen molar-refractivity contribution in [3.8, 4) is 0 Å². The molecule has 0 aliphatic rings. The summed E-state index contributed by atoms with van der Waals surface area (Å²) in [6.07, 6.45) is 1.44. The summed E-state index contributed by atoms with van der Waals surface area (Å²) < 4.78 is 7.25. The normalized spacial score (nSPS) is 11.2. The van der Waals surface area contributed by atoms with Crippen LogP contribution in [0.2, 0.25) is 0 Å². The largest absolute Gasteiger partial charge is 0.394 e. The van der Waals surface area contributed by atoms with Crippen LogP contribution in [0.4, 0.5) is 5.82 Å². The average Bonchev–Trinajstić information content (AvgIpc) is 2.55. The molecule has 2 aromatic rings. The van der Waals surface area contributed by atoms with Crippen LogP contribution in [0.25, 0.3) is 11.0 Å². The van der Waals surface area contributed by atoms with Gasteiger partial charge < -0.3 is 20.1 Å². The molecular formula is C11H16N4O2. The molecule has 2 aromatic heterocycles. The molecule has 0 aliphatic heterocycles. The molecule has 0 unspecified atom stereocenters. The quantitative estimate of drug-likeness (QED) is 0.759. The highest BCUT2D eigenvalue weighted by Crippen LogP contribution is 2.26. The monoisotopic (exact) mass is 236 g/mol. The maximum absolute atomic E-state index is 8.70. The number of aliphatic hydroxyl groups is 1. The fourth-order valence-electron chi connectivity index (χ4n) is 1.87. The number of aromatic nitrogens is 3. The number of nitrogens with two attached hydrogens (primary N) is 1. The second-order valence-corrected chi connectivity index (χ2v) is 3.86. The zero-order valence-electron chi connectivity index (χ0n) is 9.97. The zero-order chi connectivity index (χ0) is 12.4. The topological polar surface area (TPSA) is 86.2 Å². The molecule has 0 fully saturated rings. The van der Waals surface area contributed by atoms with E-state index in [4.69, 9.17) is 15.6 Å². The van der Waals surface area contributed by atoms with E-state index < -0.39 is 0 Å². The van der Waals surface area contributed by atoms with E-state index in [1.807, 2.05) is 18.4 Å². The Labute approximate surface area is 99.0 Å². The SMILES string of the molecule is Cc1c(C)n(COCCO)c2ncnc(N)c12. The molecule has 0 spiro atoms. The van der Waals surface area contributed by atoms with Crippen LogP contribution in [-0.4, -0.2) is 32.9 Å². The zero-order valence-corrected chi connectivity index (χ0v) is 9.97. The smallest absolute Gasteiger partial charge is 0.147 e. The number of aryl methyl sites for hydroxylation is 1. The van der Waals surface area contributed by atoms with Crippen LogP contribution in [0.3, 0.4) is 0 Å². The highest BCUT2D eigenvalue weighted by atomic mass is 16.5. The third-order valence-corrected chi connectivity index (χ3v) is 2.89. The third kappa shape index (κ3) is 1.96. The number of nitrogen functional groups attached to an aromatic ring is 1. The molecule has 0 atom stereocenters. The van der Waals surface area contributed by atoms with Crippen molar-refractivity contribution in [2.75, 3.05) is 18.9 Å². The molecule has 0 aromatic carbocycles. The molecule has 0 saturated carbocycles. The maximum atomic E-state index is 8.70. The maximum Gasteiger partial charge on any atom is 0.147 e. The molecule has 0 saturated heterocycles. The Balaban J connectivity index is 2.48. The van der Waals surface area contributed by atoms with Crippen molar-refractivity contribution in [3.63, 3.8) is 0 Å². The number of rotatable bonds is 4. The lowest BCUT2D eigenvalue weighted by Crippen LogP contribution is -2.08. The summed E-state index contributed by atoms with van der Waals surface area (Å²) in [4.78, 5) is 8.22. The van der Waals surface area contributed by atoms with Crippen molar-refractivity contribution in [1.82, 2.24) is 14.5 Å². The summed E-state index contributed by atoms with van der Waals surface area (Å²) >= 11 is 0. The van der Waals surface area contributed by atoms with Gasteiger partial charge in [-0.3, -0.25) is 0 Å². The molecular weight excluding hydrogens is 220 g/mol. The summed E-state index contributed by atoms with van der Waals surface area (Å²) in [5, 5.41) is 9.57. The summed E-state index contributed by atoms with van der Waals surface area (Å²) in [7, 11) is 0. The van der Waals surface area contributed by atoms with E-state index in [1.165, 1.54) is 6.33 Å². The molecule has 6 nitrogen and oxygen atoms in total. The van der Waals surface area contributed by atoms with Crippen molar-refractivity contribution in [2.45, 2.75) is 20.6 Å². The lowest BCUT2D eigenvalue weighted by Gasteiger charge is -2.07. The van der Waals surface area contributed by atoms with Crippen LogP contribution in [0.15, 0.2) is 6.33 Å². The lowest BCUT2D eigenvalue weighted by molar-refractivity contribution is 0.0492. The Morgan fingerprint density at radius 1 is 1.41 bits per heavy atom. The highest BCUT2D eigenvalue weighted by Gasteiger charge is 2.14. The predicted octanol–water partition coefficient (Wildman–Crippen LogP) is 0.597. The third-order valence-electron chi connectivity index (χ3n) is 2.89. The Hall–Kier alpha value is -1.66. The molecule has 6 heteroatoms. The van der Waals surface area contributed by atoms with Crippen molar-refractivity contribution in [1.29, 1.82) is 0 Å². The van der Waals surface area contributed by atoms with Crippen LogP contribution in [0.5, 0.6) is 0 Å². The van der Waals surface area contributed by atoms with E-state index in [0.29, 0.717) is 19.2 Å². The first kappa shape index (κ1) is 11.8. The van der Waals surface area contributed by atoms with Crippen LogP contribution in [-0.2, 0) is 11.5 Å². The molecule has 3 N–H and O–H groups in total. The summed E-state index contributed by atoms with van der Waals surface area (Å²) in [5.74, 6) is 0.483. The number of hydrogen-bond donors (Lipinski definition) is 2. The Kier molecular flexibility index (Phi) is 3.26. The fraction of sp³-hybridized carbons (Fsp3) is 0.455. The molecule has 0 bridgehead atoms. The molecule has 2 heterocycles. The van der Waals surface area contributed by atoms with Gasteiger partial charge in [0.25, 0.3) is 0 Å². The minimum absolute atomic E-state index is 0.00829. The van der Waals surface area contributed by atoms with Gasteiger partial charge in [0, 0.05) is 5.69 Å². The molecule has 92 valence electrons. The first-order valence-corrected chi connectivity index (χ1v) is 5.41. The van der Waals surface area contributed by atoms with Crippen molar-refractivity contribution in [2.24, 2.45) is 0 Å². The molecule has 2 rings (SSSR count). The van der Waals surface area contributed by atoms with Crippen molar-refractivity contribution < 1.29 is 9.84 Å². The van der Waals surface area contributed by atoms with E-state index >= 15 is 0 Å². The number of hydrogen-bond acceptors (Lipinski definition) is 5. The van der Waals surface area contributed by atoms with E-state index in [0.717, 1.165) is 22.3 Å². The fourth-order valence-corrected chi connectivity index (χ4v) is 1.87. The molecule has 0 radical (unpaired) electrons. The van der Waals surface area contributed by atoms with Crippen LogP contribution in [0.1, 0.15) is 11.3 Å². The van der Waals surface area contributed by atoms with Gasteiger partial charge in [-0.25, -0.2) is 9.97 Å². The van der Waals surface area contributed by atoms with Crippen LogP contribution < -0.4 is 5.73 Å². The number of fused-ring (bicyclic) bond motifs is 1. The minimum Gasteiger partial charge on any atom is -0.394 e. The molecule has 17 heavy (non-hydrogen) atoms. The van der Waals surface area contributed by atoms with Gasteiger partial charge >= 0.3 is 0 Å². The second-order valence-electron chi connectivity index (χ2n) is 3.86. The standard InChI is InChI=1S/C11H16N4O2/c1-7-8(2)15(6-17-4-3-16)11-9(7)10(12)13-5-14-11/h5,16H,3-4,6H2,1-2H3,(H2,12,13,14). The molecule has 0 amide bonds. The van der Waals surface area contributed by atoms with Crippen molar-refractivity contribution >= 4 is 16.9 Å². The van der Waals surface area contributed by atoms with E-state index in [1.54, 1.807) is 0 Å². The van der Waals surface area contributed by atoms with Crippen LogP contribution >= 0.6 is 0 Å². The van der Waals surface area contributed by atoms with E-state index in [9.17, 15) is 0 Å². The van der Waals surface area contributed by atoms with Crippen LogP contribution in [0, 0.1) is 13.8 Å². The lowest BCUT2D eigenvalue weighted by atomic mass is 10.2. The average molecular weight is 236 g/mol. The van der Waals surface area contributed by atoms with Crippen molar-refractivity contribution in [3.05, 3.63) is 17.6 Å². The first-order chi connectivity index (χ1) is 8.16. The number of anilines is 1. The highest BCUT2D eigenvalue weighted by molar-refractivity contribution is 5.90. The minimum atomic E-state index is 0.00829. The predicted molar refractivity (Wildman–Crippen MR) is 64.5 cm³/mol. The summed E-state index contributed by atoms with van der Waals surface area (Å²) in [6, 6.07) is 0.